The predicted molar refractivity (Wildman–Crippen MR) is 293 cm³/mol. The highest BCUT2D eigenvalue weighted by Gasteiger charge is 2.27. The monoisotopic (exact) mass is 1090 g/mol. The molecule has 1 amide bonds. The van der Waals surface area contributed by atoms with Gasteiger partial charge in [0.25, 0.3) is 5.91 Å². The number of anilines is 5. The van der Waals surface area contributed by atoms with E-state index in [1.807, 2.05) is 66.2 Å². The molecule has 6 aromatic heterocycles. The first-order valence-corrected chi connectivity index (χ1v) is 25.6. The van der Waals surface area contributed by atoms with E-state index in [4.69, 9.17) is 0 Å². The van der Waals surface area contributed by atoms with Crippen LogP contribution in [0.3, 0.4) is 0 Å². The molecule has 6 heterocycles. The first-order valence-electron chi connectivity index (χ1n) is 22.9. The summed E-state index contributed by atoms with van der Waals surface area (Å²) in [5.74, 6) is -3.36. The van der Waals surface area contributed by atoms with Crippen molar-refractivity contribution in [3.05, 3.63) is 208 Å². The molecule has 0 aliphatic rings. The molecule has 0 fully saturated rings. The highest BCUT2D eigenvalue weighted by molar-refractivity contribution is 7.15. The second-order valence-electron chi connectivity index (χ2n) is 16.7. The van der Waals surface area contributed by atoms with Crippen LogP contribution in [0.5, 0.6) is 0 Å². The maximum atomic E-state index is 13.7. The Morgan fingerprint density at radius 2 is 1.17 bits per heavy atom. The number of halogens is 5. The van der Waals surface area contributed by atoms with Gasteiger partial charge >= 0.3 is 18.5 Å². The van der Waals surface area contributed by atoms with Crippen LogP contribution in [0.15, 0.2) is 174 Å². The number of carboxylic acids is 2. The van der Waals surface area contributed by atoms with Crippen molar-refractivity contribution in [3.8, 4) is 33.9 Å². The third kappa shape index (κ3) is 11.2. The van der Waals surface area contributed by atoms with Gasteiger partial charge in [-0.15, -0.1) is 34.0 Å². The van der Waals surface area contributed by atoms with Gasteiger partial charge in [-0.25, -0.2) is 32.7 Å². The molecule has 7 N–H and O–H groups in total. The van der Waals surface area contributed by atoms with Gasteiger partial charge < -0.3 is 36.1 Å². The highest BCUT2D eigenvalue weighted by atomic mass is 32.1. The number of thiophene rings is 3. The molecule has 0 aliphatic carbocycles. The molecule has 0 bridgehead atoms. The Bertz CT molecular complexity index is 4110. The van der Waals surface area contributed by atoms with Gasteiger partial charge in [0, 0.05) is 72.4 Å². The first kappa shape index (κ1) is 51.1. The van der Waals surface area contributed by atoms with Crippen molar-refractivity contribution in [2.24, 2.45) is 0 Å². The third-order valence-electron chi connectivity index (χ3n) is 11.7. The van der Waals surface area contributed by atoms with E-state index in [0.717, 1.165) is 50.2 Å². The van der Waals surface area contributed by atoms with Crippen LogP contribution in [0.25, 0.3) is 66.9 Å². The fourth-order valence-corrected chi connectivity index (χ4v) is 10.9. The van der Waals surface area contributed by atoms with E-state index in [0.29, 0.717) is 37.0 Å². The molecule has 0 saturated heterocycles. The predicted octanol–water partition coefficient (Wildman–Crippen LogP) is 15.9. The number of para-hydroxylation sites is 5. The number of nitrogens with one attached hydrogen (secondary N) is 5. The zero-order valence-electron chi connectivity index (χ0n) is 39.4. The fourth-order valence-electron chi connectivity index (χ4n) is 8.24. The minimum Gasteiger partial charge on any atom is -0.478 e. The number of aromatic carboxylic acids is 2. The van der Waals surface area contributed by atoms with Crippen LogP contribution in [0, 0.1) is 17.5 Å². The lowest BCUT2D eigenvalue weighted by Gasteiger charge is -2.09. The number of aromatic amines is 2. The molecule has 21 heteroatoms. The molecule has 0 unspecified atom stereocenters. The summed E-state index contributed by atoms with van der Waals surface area (Å²) in [6, 6.07) is 40.8. The highest BCUT2D eigenvalue weighted by Crippen LogP contribution is 2.42. The maximum absolute atomic E-state index is 13.7. The Morgan fingerprint density at radius 1 is 0.584 bits per heavy atom. The zero-order chi connectivity index (χ0) is 53.7. The minimum absolute atomic E-state index is 0.0629. The molecule has 0 spiro atoms. The number of imidazole rings is 2. The van der Waals surface area contributed by atoms with Gasteiger partial charge in [-0.1, -0.05) is 60.7 Å². The average Bonchev–Trinajstić information content (AvgIpc) is 4.37. The van der Waals surface area contributed by atoms with Crippen molar-refractivity contribution in [2.45, 2.75) is 6.55 Å². The quantitative estimate of drug-likeness (QED) is 0.0584. The van der Waals surface area contributed by atoms with E-state index < -0.39 is 30.1 Å². The Labute approximate surface area is 444 Å². The molecule has 0 radical (unpaired) electrons. The third-order valence-corrected chi connectivity index (χ3v) is 14.3. The van der Waals surface area contributed by atoms with Crippen molar-refractivity contribution in [1.29, 1.82) is 0 Å². The number of H-pyrrole nitrogens is 2. The Hall–Kier alpha value is -9.44. The number of nitrogens with zero attached hydrogens (tertiary/aromatic N) is 3. The largest absolute Gasteiger partial charge is 0.478 e. The van der Waals surface area contributed by atoms with E-state index in [1.54, 1.807) is 47.8 Å². The Morgan fingerprint density at radius 3 is 1.81 bits per heavy atom. The van der Waals surface area contributed by atoms with Crippen LogP contribution < -0.4 is 16.0 Å². The van der Waals surface area contributed by atoms with Crippen LogP contribution in [-0.2, 0) is 0 Å². The number of rotatable bonds is 12. The smallest absolute Gasteiger partial charge is 0.339 e. The lowest BCUT2D eigenvalue weighted by Crippen LogP contribution is -2.10. The maximum Gasteiger partial charge on any atom is 0.339 e. The van der Waals surface area contributed by atoms with Crippen molar-refractivity contribution >= 4 is 111 Å². The molecular formula is C56H37F5N8O5S3. The summed E-state index contributed by atoms with van der Waals surface area (Å²) in [5.41, 5.74) is 6.87. The molecule has 12 aromatic rings. The van der Waals surface area contributed by atoms with Crippen LogP contribution in [-0.4, -0.2) is 52.6 Å². The molecule has 77 heavy (non-hydrogen) atoms. The number of fused-ring (bicyclic) bond motifs is 3. The van der Waals surface area contributed by atoms with Gasteiger partial charge in [0.15, 0.2) is 0 Å². The topological polar surface area (TPSA) is 190 Å². The van der Waals surface area contributed by atoms with E-state index in [9.17, 15) is 46.5 Å². The summed E-state index contributed by atoms with van der Waals surface area (Å²) in [6.07, 6.45) is 1.81. The number of hydrogen-bond donors (Lipinski definition) is 7. The number of carbonyl (C=O) groups excluding carboxylic acids is 1. The zero-order valence-corrected chi connectivity index (χ0v) is 41.8. The number of aromatic nitrogens is 5. The van der Waals surface area contributed by atoms with Crippen molar-refractivity contribution in [3.63, 3.8) is 0 Å². The summed E-state index contributed by atoms with van der Waals surface area (Å²) in [5, 5.41) is 35.5. The Balaban J connectivity index is 0.000000131. The van der Waals surface area contributed by atoms with Crippen molar-refractivity contribution < 1.29 is 46.5 Å². The second kappa shape index (κ2) is 22.2. The van der Waals surface area contributed by atoms with Gasteiger partial charge in [0.2, 0.25) is 0 Å². The fraction of sp³-hybridized carbons (Fsp3) is 0.0179. The summed E-state index contributed by atoms with van der Waals surface area (Å²) in [7, 11) is 0. The van der Waals surface area contributed by atoms with Crippen molar-refractivity contribution in [1.82, 2.24) is 24.5 Å². The Kier molecular flexibility index (Phi) is 14.7. The van der Waals surface area contributed by atoms with Gasteiger partial charge in [-0.3, -0.25) is 9.36 Å². The number of carbonyl (C=O) groups is 3. The van der Waals surface area contributed by atoms with Crippen LogP contribution in [0.1, 0.15) is 37.6 Å². The summed E-state index contributed by atoms with van der Waals surface area (Å²) >= 11 is 3.70. The van der Waals surface area contributed by atoms with E-state index in [1.165, 1.54) is 82.7 Å². The molecule has 0 saturated carbocycles. The normalized spacial score (nSPS) is 11.0. The molecule has 12 rings (SSSR count). The molecular weight excluding hydrogens is 1060 g/mol. The second-order valence-corrected chi connectivity index (χ2v) is 19.3. The van der Waals surface area contributed by atoms with Gasteiger partial charge in [0.05, 0.1) is 27.1 Å². The van der Waals surface area contributed by atoms with Crippen LogP contribution in [0.4, 0.5) is 48.3 Å². The van der Waals surface area contributed by atoms with Gasteiger partial charge in [-0.2, -0.15) is 8.78 Å². The number of hydrogen-bond acceptors (Lipinski definition) is 10. The number of benzene rings is 6. The average molecular weight is 1090 g/mol. The van der Waals surface area contributed by atoms with Crippen LogP contribution in [0.2, 0.25) is 0 Å². The number of amides is 1. The number of alkyl halides is 2. The van der Waals surface area contributed by atoms with E-state index >= 15 is 0 Å². The molecule has 384 valence electrons. The standard InChI is InChI=1S/C19H12F3N3O2S.C19H13FN2O2S.C18H12FN3OS/c20-10-4-3-5-11(8-10)23-17-15(18(26)27)12(9-28-17)16-24-13-6-1-2-7-14(13)25(16)19(21)22;20-11-4-3-5-12(8-11)22-18-17(19(23)24)15(10-25-18)14-9-21-16-7-2-1-6-13(14)16;19-13-5-3-4-11(8-13)18(23)22-16-9-12(10-24-16)17-20-14-6-1-2-7-15(14)21-17/h1-9,19,23H,(H,26,27);1-10,21-22H,(H,23,24);1-10H,(H,20,21)(H,22,23). The SMILES string of the molecule is O=C(Nc1cc(-c2nc3ccccc3[nH]2)cs1)c1cccc(F)c1.O=C(O)c1c(-c2c[nH]c3ccccc23)csc1Nc1cccc(F)c1.O=C(O)c1c(-c2nc3ccccc3n2C(F)F)csc1Nc1cccc(F)c1. The lowest BCUT2D eigenvalue weighted by molar-refractivity contribution is 0.0687. The van der Waals surface area contributed by atoms with E-state index in [2.05, 4.69) is 35.9 Å². The first-order chi connectivity index (χ1) is 37.3. The molecule has 6 aromatic carbocycles. The summed E-state index contributed by atoms with van der Waals surface area (Å²) in [4.78, 5) is 51.1. The summed E-state index contributed by atoms with van der Waals surface area (Å²) in [6.45, 7) is -2.90. The van der Waals surface area contributed by atoms with E-state index in [-0.39, 0.29) is 50.3 Å². The van der Waals surface area contributed by atoms with Gasteiger partial charge in [-0.05, 0) is 91.0 Å². The lowest BCUT2D eigenvalue weighted by atomic mass is 10.0. The molecule has 0 atom stereocenters. The van der Waals surface area contributed by atoms with Gasteiger partial charge in [0.1, 0.15) is 50.2 Å². The molecule has 0 aliphatic heterocycles. The van der Waals surface area contributed by atoms with Crippen molar-refractivity contribution in [2.75, 3.05) is 16.0 Å². The van der Waals surface area contributed by atoms with Crippen LogP contribution >= 0.6 is 34.0 Å². The summed E-state index contributed by atoms with van der Waals surface area (Å²) < 4.78 is 68.1. The number of carboxylic acid groups (broad SMARTS) is 2. The molecule has 13 nitrogen and oxygen atoms in total. The minimum atomic E-state index is -2.90.